The van der Waals surface area contributed by atoms with Crippen LogP contribution in [0.15, 0.2) is 54.1 Å². The summed E-state index contributed by atoms with van der Waals surface area (Å²) in [6.45, 7) is 10.3. The average Bonchev–Trinajstić information content (AvgIpc) is 3.08. The first-order valence-corrected chi connectivity index (χ1v) is 12.8. The first kappa shape index (κ1) is 27.5. The number of ether oxygens (including phenoxy) is 1. The number of rotatable bonds is 10. The molecule has 1 amide bonds. The highest BCUT2D eigenvalue weighted by molar-refractivity contribution is 6.46. The van der Waals surface area contributed by atoms with Crippen molar-refractivity contribution in [3.63, 3.8) is 0 Å². The van der Waals surface area contributed by atoms with E-state index >= 15 is 0 Å². The van der Waals surface area contributed by atoms with Crippen molar-refractivity contribution in [1.29, 1.82) is 0 Å². The minimum absolute atomic E-state index is 0.0235. The molecule has 2 aromatic rings. The number of Topliss-reactive ketones (excluding diaryl/α,β-unsaturated/α-hetero) is 1. The highest BCUT2D eigenvalue weighted by Gasteiger charge is 2.45. The van der Waals surface area contributed by atoms with Crippen molar-refractivity contribution in [3.05, 3.63) is 70.8 Å². The molecular formula is C30H40N2O4. The highest BCUT2D eigenvalue weighted by Crippen LogP contribution is 2.40. The zero-order valence-electron chi connectivity index (χ0n) is 22.5. The van der Waals surface area contributed by atoms with Gasteiger partial charge in [-0.15, -0.1) is 0 Å². The maximum Gasteiger partial charge on any atom is 0.295 e. The number of aliphatic hydroxyl groups excluding tert-OH is 1. The quantitative estimate of drug-likeness (QED) is 0.204. The van der Waals surface area contributed by atoms with E-state index < -0.39 is 17.7 Å². The summed E-state index contributed by atoms with van der Waals surface area (Å²) in [4.78, 5) is 30.1. The smallest absolute Gasteiger partial charge is 0.295 e. The van der Waals surface area contributed by atoms with Crippen LogP contribution in [0.25, 0.3) is 5.76 Å². The van der Waals surface area contributed by atoms with Gasteiger partial charge in [0.1, 0.15) is 11.5 Å². The molecule has 6 heteroatoms. The Kier molecular flexibility index (Phi) is 8.96. The number of aliphatic hydroxyl groups is 1. The second kappa shape index (κ2) is 11.7. The van der Waals surface area contributed by atoms with Crippen LogP contribution in [0.2, 0.25) is 0 Å². The topological polar surface area (TPSA) is 70.1 Å². The van der Waals surface area contributed by atoms with Crippen LogP contribution in [0, 0.1) is 0 Å². The fourth-order valence-electron chi connectivity index (χ4n) is 4.40. The van der Waals surface area contributed by atoms with Gasteiger partial charge in [-0.05, 0) is 62.2 Å². The number of ketones is 1. The molecule has 36 heavy (non-hydrogen) atoms. The predicted octanol–water partition coefficient (Wildman–Crippen LogP) is 5.54. The zero-order valence-corrected chi connectivity index (χ0v) is 22.5. The summed E-state index contributed by atoms with van der Waals surface area (Å²) in [6, 6.07) is 14.4. The van der Waals surface area contributed by atoms with Gasteiger partial charge in [-0.2, -0.15) is 0 Å². The molecule has 0 spiro atoms. The zero-order chi connectivity index (χ0) is 26.5. The number of hydrogen-bond acceptors (Lipinski definition) is 5. The third-order valence-electron chi connectivity index (χ3n) is 6.51. The first-order chi connectivity index (χ1) is 17.0. The van der Waals surface area contributed by atoms with E-state index in [1.807, 2.05) is 49.3 Å². The second-order valence-electron chi connectivity index (χ2n) is 10.8. The van der Waals surface area contributed by atoms with Gasteiger partial charge in [0.05, 0.1) is 18.2 Å². The lowest BCUT2D eigenvalue weighted by Crippen LogP contribution is -2.32. The number of carbonyl (C=O) groups excluding carboxylic acids is 2. The Balaban J connectivity index is 2.05. The molecule has 1 aliphatic heterocycles. The van der Waals surface area contributed by atoms with E-state index in [4.69, 9.17) is 4.74 Å². The Hall–Kier alpha value is -3.12. The highest BCUT2D eigenvalue weighted by atomic mass is 16.5. The molecule has 0 aromatic heterocycles. The van der Waals surface area contributed by atoms with Crippen molar-refractivity contribution in [2.45, 2.75) is 58.4 Å². The van der Waals surface area contributed by atoms with Crippen LogP contribution in [0.5, 0.6) is 5.75 Å². The minimum atomic E-state index is -0.653. The average molecular weight is 493 g/mol. The number of likely N-dealkylation sites (tertiary alicyclic amines) is 1. The fourth-order valence-corrected chi connectivity index (χ4v) is 4.40. The van der Waals surface area contributed by atoms with Crippen molar-refractivity contribution < 1.29 is 19.4 Å². The molecule has 0 aliphatic carbocycles. The maximum atomic E-state index is 13.3. The number of nitrogens with zero attached hydrogens (tertiary/aromatic N) is 2. The van der Waals surface area contributed by atoms with E-state index in [9.17, 15) is 14.7 Å². The fraction of sp³-hybridized carbons (Fsp3) is 0.467. The third-order valence-corrected chi connectivity index (χ3v) is 6.51. The SMILES string of the molecule is CCCCOc1cccc(C(O)=C2C(=O)C(=O)N(CCCN(C)C)C2c2ccc(C(C)(C)C)cc2)c1. The maximum absolute atomic E-state index is 13.3. The van der Waals surface area contributed by atoms with Crippen LogP contribution in [-0.2, 0) is 15.0 Å². The molecule has 1 heterocycles. The van der Waals surface area contributed by atoms with Crippen LogP contribution in [0.3, 0.4) is 0 Å². The largest absolute Gasteiger partial charge is 0.507 e. The molecule has 1 fully saturated rings. The standard InChI is InChI=1S/C30H40N2O4/c1-7-8-19-36-24-12-9-11-22(20-24)27(33)25-26(21-13-15-23(16-14-21)30(2,3)4)32(29(35)28(25)34)18-10-17-31(5)6/h9,11-16,20,26,33H,7-8,10,17-19H2,1-6H3. The van der Waals surface area contributed by atoms with Gasteiger partial charge in [-0.3, -0.25) is 9.59 Å². The molecule has 1 unspecified atom stereocenters. The summed E-state index contributed by atoms with van der Waals surface area (Å²) in [5.41, 5.74) is 2.53. The Morgan fingerprint density at radius 1 is 1.06 bits per heavy atom. The molecule has 0 saturated carbocycles. The first-order valence-electron chi connectivity index (χ1n) is 12.8. The van der Waals surface area contributed by atoms with Crippen LogP contribution >= 0.6 is 0 Å². The van der Waals surface area contributed by atoms with Crippen molar-refractivity contribution in [1.82, 2.24) is 9.80 Å². The Labute approximate surface area is 215 Å². The summed E-state index contributed by atoms with van der Waals surface area (Å²) >= 11 is 0. The van der Waals surface area contributed by atoms with Gasteiger partial charge >= 0.3 is 0 Å². The Bertz CT molecular complexity index is 1100. The van der Waals surface area contributed by atoms with Gasteiger partial charge in [0.2, 0.25) is 0 Å². The Morgan fingerprint density at radius 2 is 1.75 bits per heavy atom. The molecule has 2 aromatic carbocycles. The van der Waals surface area contributed by atoms with E-state index in [1.54, 1.807) is 23.1 Å². The van der Waals surface area contributed by atoms with Crippen LogP contribution < -0.4 is 4.74 Å². The van der Waals surface area contributed by atoms with E-state index in [2.05, 4.69) is 27.7 Å². The van der Waals surface area contributed by atoms with Crippen LogP contribution in [0.1, 0.15) is 69.7 Å². The second-order valence-corrected chi connectivity index (χ2v) is 10.8. The molecule has 1 atom stereocenters. The van der Waals surface area contributed by atoms with Gasteiger partial charge < -0.3 is 19.6 Å². The van der Waals surface area contributed by atoms with Gasteiger partial charge in [0.25, 0.3) is 11.7 Å². The van der Waals surface area contributed by atoms with E-state index in [0.717, 1.165) is 36.9 Å². The molecule has 1 saturated heterocycles. The van der Waals surface area contributed by atoms with Gasteiger partial charge in [-0.25, -0.2) is 0 Å². The third kappa shape index (κ3) is 6.35. The molecule has 194 valence electrons. The normalized spacial score (nSPS) is 17.8. The number of unbranched alkanes of at least 4 members (excludes halogenated alkanes) is 1. The molecule has 6 nitrogen and oxygen atoms in total. The van der Waals surface area contributed by atoms with Crippen molar-refractivity contribution >= 4 is 17.4 Å². The molecule has 1 N–H and O–H groups in total. The van der Waals surface area contributed by atoms with Gasteiger partial charge in [-0.1, -0.05) is 70.5 Å². The number of amides is 1. The summed E-state index contributed by atoms with van der Waals surface area (Å²) in [6.07, 6.45) is 2.67. The van der Waals surface area contributed by atoms with E-state index in [-0.39, 0.29) is 16.7 Å². The van der Waals surface area contributed by atoms with E-state index in [0.29, 0.717) is 24.5 Å². The molecule has 3 rings (SSSR count). The number of benzene rings is 2. The number of hydrogen-bond donors (Lipinski definition) is 1. The summed E-state index contributed by atoms with van der Waals surface area (Å²) in [5.74, 6) is -0.775. The van der Waals surface area contributed by atoms with Crippen molar-refractivity contribution in [2.24, 2.45) is 0 Å². The lowest BCUT2D eigenvalue weighted by Gasteiger charge is -2.27. The Morgan fingerprint density at radius 3 is 2.36 bits per heavy atom. The van der Waals surface area contributed by atoms with Crippen LogP contribution in [0.4, 0.5) is 0 Å². The summed E-state index contributed by atoms with van der Waals surface area (Å²) in [5, 5.41) is 11.4. The molecule has 0 radical (unpaired) electrons. The van der Waals surface area contributed by atoms with Crippen molar-refractivity contribution in [2.75, 3.05) is 33.8 Å². The molecule has 0 bridgehead atoms. The molecular weight excluding hydrogens is 452 g/mol. The monoisotopic (exact) mass is 492 g/mol. The lowest BCUT2D eigenvalue weighted by atomic mass is 9.85. The molecule has 1 aliphatic rings. The predicted molar refractivity (Wildman–Crippen MR) is 144 cm³/mol. The van der Waals surface area contributed by atoms with Gasteiger partial charge in [0.15, 0.2) is 0 Å². The summed E-state index contributed by atoms with van der Waals surface area (Å²) in [7, 11) is 3.96. The van der Waals surface area contributed by atoms with Crippen molar-refractivity contribution in [3.8, 4) is 5.75 Å². The number of carbonyl (C=O) groups is 2. The lowest BCUT2D eigenvalue weighted by molar-refractivity contribution is -0.139. The van der Waals surface area contributed by atoms with Gasteiger partial charge in [0, 0.05) is 12.1 Å². The minimum Gasteiger partial charge on any atom is -0.507 e. The van der Waals surface area contributed by atoms with Crippen LogP contribution in [-0.4, -0.2) is 60.4 Å². The summed E-state index contributed by atoms with van der Waals surface area (Å²) < 4.78 is 5.80. The van der Waals surface area contributed by atoms with E-state index in [1.165, 1.54) is 0 Å².